The number of carbonyl (C=O) groups is 2. The molecule has 0 saturated heterocycles. The first-order valence-electron chi connectivity index (χ1n) is 9.04. The summed E-state index contributed by atoms with van der Waals surface area (Å²) in [6.07, 6.45) is 3.15. The molecule has 1 aliphatic rings. The minimum absolute atomic E-state index is 0.0400. The van der Waals surface area contributed by atoms with Crippen LogP contribution in [0, 0.1) is 11.8 Å². The topological polar surface area (TPSA) is 89.5 Å². The van der Waals surface area contributed by atoms with Crippen LogP contribution in [0.1, 0.15) is 50.4 Å². The van der Waals surface area contributed by atoms with Gasteiger partial charge in [-0.05, 0) is 30.4 Å². The third kappa shape index (κ3) is 4.84. The lowest BCUT2D eigenvalue weighted by atomic mass is 9.78. The highest BCUT2D eigenvalue weighted by Crippen LogP contribution is 2.29. The van der Waals surface area contributed by atoms with Gasteiger partial charge in [-0.3, -0.25) is 4.79 Å². The van der Waals surface area contributed by atoms with E-state index in [1.807, 2.05) is 0 Å². The van der Waals surface area contributed by atoms with Gasteiger partial charge in [-0.2, -0.15) is 0 Å². The Kier molecular flexibility index (Phi) is 6.81. The summed E-state index contributed by atoms with van der Waals surface area (Å²) in [6.45, 7) is 5.38. The molecule has 26 heavy (non-hydrogen) atoms. The number of benzene rings is 1. The van der Waals surface area contributed by atoms with Crippen LogP contribution in [0.15, 0.2) is 29.2 Å². The Morgan fingerprint density at radius 3 is 2.58 bits per heavy atom. The lowest BCUT2D eigenvalue weighted by Gasteiger charge is -2.34. The van der Waals surface area contributed by atoms with E-state index in [1.165, 1.54) is 19.1 Å². The number of sulfone groups is 1. The zero-order valence-corrected chi connectivity index (χ0v) is 16.3. The van der Waals surface area contributed by atoms with Gasteiger partial charge in [-0.1, -0.05) is 45.7 Å². The second-order valence-corrected chi connectivity index (χ2v) is 9.16. The molecule has 1 aromatic rings. The molecule has 2 rings (SSSR count). The van der Waals surface area contributed by atoms with Gasteiger partial charge in [-0.25, -0.2) is 13.2 Å². The third-order valence-electron chi connectivity index (χ3n) is 5.21. The molecule has 1 aliphatic carbocycles. The number of hydrogen-bond acceptors (Lipinski definition) is 5. The van der Waals surface area contributed by atoms with Crippen molar-refractivity contribution in [3.63, 3.8) is 0 Å². The molecular formula is C19H27NO5S. The first kappa shape index (κ1) is 20.4. The van der Waals surface area contributed by atoms with Gasteiger partial charge >= 0.3 is 5.97 Å². The predicted molar refractivity (Wildman–Crippen MR) is 98.6 cm³/mol. The van der Waals surface area contributed by atoms with Crippen LogP contribution < -0.4 is 5.32 Å². The molecule has 0 spiro atoms. The smallest absolute Gasteiger partial charge is 0.339 e. The van der Waals surface area contributed by atoms with Crippen molar-refractivity contribution in [1.29, 1.82) is 0 Å². The number of esters is 1. The van der Waals surface area contributed by atoms with Gasteiger partial charge in [0, 0.05) is 6.04 Å². The van der Waals surface area contributed by atoms with Crippen molar-refractivity contribution in [2.45, 2.75) is 51.0 Å². The SMILES string of the molecule is CCS(=O)(=O)c1ccccc1C(=O)OCC(=O)NC1CCCC(C)C1C. The molecule has 1 amide bonds. The summed E-state index contributed by atoms with van der Waals surface area (Å²) in [6, 6.07) is 5.97. The molecule has 0 aromatic heterocycles. The second-order valence-electron chi connectivity index (χ2n) is 6.92. The van der Waals surface area contributed by atoms with Crippen molar-refractivity contribution in [3.05, 3.63) is 29.8 Å². The van der Waals surface area contributed by atoms with Crippen LogP contribution in [0.3, 0.4) is 0 Å². The Balaban J connectivity index is 1.98. The first-order chi connectivity index (χ1) is 12.3. The molecular weight excluding hydrogens is 354 g/mol. The fourth-order valence-corrected chi connectivity index (χ4v) is 4.39. The van der Waals surface area contributed by atoms with E-state index in [0.717, 1.165) is 19.3 Å². The van der Waals surface area contributed by atoms with E-state index in [1.54, 1.807) is 12.1 Å². The monoisotopic (exact) mass is 381 g/mol. The summed E-state index contributed by atoms with van der Waals surface area (Å²) in [7, 11) is -3.55. The van der Waals surface area contributed by atoms with Crippen molar-refractivity contribution < 1.29 is 22.7 Å². The van der Waals surface area contributed by atoms with Crippen molar-refractivity contribution in [1.82, 2.24) is 5.32 Å². The Morgan fingerprint density at radius 1 is 1.19 bits per heavy atom. The van der Waals surface area contributed by atoms with Crippen LogP contribution >= 0.6 is 0 Å². The molecule has 0 aliphatic heterocycles. The Labute approximate surface area is 155 Å². The number of carbonyl (C=O) groups excluding carboxylic acids is 2. The fraction of sp³-hybridized carbons (Fsp3) is 0.579. The van der Waals surface area contributed by atoms with Gasteiger partial charge in [0.1, 0.15) is 0 Å². The number of nitrogens with one attached hydrogen (secondary N) is 1. The predicted octanol–water partition coefficient (Wildman–Crippen LogP) is 2.58. The van der Waals surface area contributed by atoms with Crippen molar-refractivity contribution in [2.75, 3.05) is 12.4 Å². The summed E-state index contributed by atoms with van der Waals surface area (Å²) < 4.78 is 29.3. The third-order valence-corrected chi connectivity index (χ3v) is 7.00. The van der Waals surface area contributed by atoms with Crippen LogP contribution in [0.25, 0.3) is 0 Å². The zero-order chi connectivity index (χ0) is 19.3. The van der Waals surface area contributed by atoms with E-state index < -0.39 is 22.4 Å². The van der Waals surface area contributed by atoms with E-state index in [4.69, 9.17) is 4.74 Å². The maximum absolute atomic E-state index is 12.3. The molecule has 1 saturated carbocycles. The molecule has 0 bridgehead atoms. The molecule has 1 fully saturated rings. The van der Waals surface area contributed by atoms with Crippen LogP contribution in [0.2, 0.25) is 0 Å². The minimum atomic E-state index is -3.55. The van der Waals surface area contributed by atoms with Crippen LogP contribution in [-0.4, -0.2) is 38.7 Å². The van der Waals surface area contributed by atoms with E-state index in [2.05, 4.69) is 19.2 Å². The van der Waals surface area contributed by atoms with E-state index >= 15 is 0 Å². The maximum atomic E-state index is 12.3. The first-order valence-corrected chi connectivity index (χ1v) is 10.7. The fourth-order valence-electron chi connectivity index (χ4n) is 3.30. The molecule has 3 unspecified atom stereocenters. The summed E-state index contributed by atoms with van der Waals surface area (Å²) in [5, 5.41) is 2.93. The van der Waals surface area contributed by atoms with E-state index in [9.17, 15) is 18.0 Å². The number of ether oxygens (including phenoxy) is 1. The summed E-state index contributed by atoms with van der Waals surface area (Å²) >= 11 is 0. The molecule has 1 aromatic carbocycles. The van der Waals surface area contributed by atoms with E-state index in [-0.39, 0.29) is 28.2 Å². The van der Waals surface area contributed by atoms with Crippen LogP contribution in [0.4, 0.5) is 0 Å². The maximum Gasteiger partial charge on any atom is 0.339 e. The Morgan fingerprint density at radius 2 is 1.88 bits per heavy atom. The van der Waals surface area contributed by atoms with Crippen molar-refractivity contribution >= 4 is 21.7 Å². The minimum Gasteiger partial charge on any atom is -0.452 e. The van der Waals surface area contributed by atoms with Gasteiger partial charge in [0.25, 0.3) is 5.91 Å². The summed E-state index contributed by atoms with van der Waals surface area (Å²) in [5.41, 5.74) is -0.0400. The van der Waals surface area contributed by atoms with Gasteiger partial charge in [-0.15, -0.1) is 0 Å². The van der Waals surface area contributed by atoms with Crippen molar-refractivity contribution in [2.24, 2.45) is 11.8 Å². The molecule has 0 radical (unpaired) electrons. The molecule has 144 valence electrons. The van der Waals surface area contributed by atoms with E-state index in [0.29, 0.717) is 11.8 Å². The molecule has 3 atom stereocenters. The molecule has 1 N–H and O–H groups in total. The Hall–Kier alpha value is -1.89. The number of rotatable bonds is 6. The molecule has 0 heterocycles. The van der Waals surface area contributed by atoms with Gasteiger partial charge in [0.05, 0.1) is 16.2 Å². The number of hydrogen-bond donors (Lipinski definition) is 1. The lowest BCUT2D eigenvalue weighted by Crippen LogP contribution is -2.45. The average molecular weight is 381 g/mol. The van der Waals surface area contributed by atoms with Gasteiger partial charge < -0.3 is 10.1 Å². The molecule has 7 heteroatoms. The average Bonchev–Trinajstić information content (AvgIpc) is 2.63. The Bertz CT molecular complexity index is 759. The van der Waals surface area contributed by atoms with Crippen LogP contribution in [-0.2, 0) is 19.4 Å². The van der Waals surface area contributed by atoms with Gasteiger partial charge in [0.2, 0.25) is 0 Å². The van der Waals surface area contributed by atoms with Crippen molar-refractivity contribution in [3.8, 4) is 0 Å². The molecule has 6 nitrogen and oxygen atoms in total. The summed E-state index contributed by atoms with van der Waals surface area (Å²) in [4.78, 5) is 24.3. The lowest BCUT2D eigenvalue weighted by molar-refractivity contribution is -0.125. The largest absolute Gasteiger partial charge is 0.452 e. The standard InChI is InChI=1S/C19H27NO5S/c1-4-26(23,24)17-11-6-5-9-15(17)19(22)25-12-18(21)20-16-10-7-8-13(2)14(16)3/h5-6,9,11,13-14,16H,4,7-8,10,12H2,1-3H3,(H,20,21). The normalized spacial score (nSPS) is 23.3. The highest BCUT2D eigenvalue weighted by molar-refractivity contribution is 7.91. The second kappa shape index (κ2) is 8.66. The zero-order valence-electron chi connectivity index (χ0n) is 15.5. The highest BCUT2D eigenvalue weighted by Gasteiger charge is 2.28. The van der Waals surface area contributed by atoms with Crippen LogP contribution in [0.5, 0.6) is 0 Å². The summed E-state index contributed by atoms with van der Waals surface area (Å²) in [5.74, 6) is -0.366. The highest BCUT2D eigenvalue weighted by atomic mass is 32.2. The number of amides is 1. The van der Waals surface area contributed by atoms with Gasteiger partial charge in [0.15, 0.2) is 16.4 Å². The quantitative estimate of drug-likeness (QED) is 0.765.